The molecule has 0 amide bonds. The molecule has 0 saturated carbocycles. The predicted octanol–water partition coefficient (Wildman–Crippen LogP) is 10.8. The summed E-state index contributed by atoms with van der Waals surface area (Å²) in [6.45, 7) is 0. The van der Waals surface area contributed by atoms with Gasteiger partial charge < -0.3 is 4.40 Å². The van der Waals surface area contributed by atoms with Crippen LogP contribution < -0.4 is 0 Å². The van der Waals surface area contributed by atoms with E-state index in [1.54, 1.807) is 11.3 Å². The molecule has 45 heavy (non-hydrogen) atoms. The molecule has 208 valence electrons. The van der Waals surface area contributed by atoms with Crippen molar-refractivity contribution < 1.29 is 0 Å². The van der Waals surface area contributed by atoms with Crippen LogP contribution in [0.2, 0.25) is 0 Å². The van der Waals surface area contributed by atoms with E-state index < -0.39 is 0 Å². The van der Waals surface area contributed by atoms with Gasteiger partial charge in [0.1, 0.15) is 0 Å². The summed E-state index contributed by atoms with van der Waals surface area (Å²) >= 11 is 1.77. The average molecular weight is 591 g/mol. The van der Waals surface area contributed by atoms with E-state index in [-0.39, 0.29) is 0 Å². The van der Waals surface area contributed by atoms with E-state index in [9.17, 15) is 0 Å². The quantitative estimate of drug-likeness (QED) is 0.201. The fourth-order valence-corrected chi connectivity index (χ4v) is 8.80. The molecule has 5 heterocycles. The molecule has 11 rings (SSSR count). The summed E-state index contributed by atoms with van der Waals surface area (Å²) in [6, 6.07) is 47.9. The second kappa shape index (κ2) is 8.44. The standard InChI is InChI=1S/C40H22N4S/c1-2-11-24(12-3-1)35-39-36(28-16-6-9-20-32(28)45-39)42-40(41-35)44-31-22-21-23-13-10-17-26-25-14-4-7-18-29(25)43-30-19-8-5-15-27(30)37(44)38(43)34(31)33(23)26/h1-22H. The van der Waals surface area contributed by atoms with Gasteiger partial charge in [-0.3, -0.25) is 4.57 Å². The Morgan fingerprint density at radius 3 is 2.07 bits per heavy atom. The molecule has 0 N–H and O–H groups in total. The molecule has 0 bridgehead atoms. The zero-order valence-electron chi connectivity index (χ0n) is 23.9. The minimum Gasteiger partial charge on any atom is -0.306 e. The zero-order chi connectivity index (χ0) is 29.2. The van der Waals surface area contributed by atoms with Gasteiger partial charge in [-0.1, -0.05) is 109 Å². The third kappa shape index (κ3) is 2.96. The number of nitrogens with zero attached hydrogens (tertiary/aromatic N) is 4. The smallest absolute Gasteiger partial charge is 0.235 e. The van der Waals surface area contributed by atoms with Crippen LogP contribution in [0.5, 0.6) is 0 Å². The van der Waals surface area contributed by atoms with E-state index in [2.05, 4.69) is 142 Å². The van der Waals surface area contributed by atoms with Crippen molar-refractivity contribution in [3.63, 3.8) is 0 Å². The van der Waals surface area contributed by atoms with Crippen LogP contribution in [-0.2, 0) is 0 Å². The molecular weight excluding hydrogens is 569 g/mol. The van der Waals surface area contributed by atoms with Gasteiger partial charge in [0.05, 0.1) is 43.5 Å². The van der Waals surface area contributed by atoms with Gasteiger partial charge in [-0.2, -0.15) is 0 Å². The maximum absolute atomic E-state index is 5.44. The summed E-state index contributed by atoms with van der Waals surface area (Å²) in [7, 11) is 0. The Hall–Kier alpha value is -5.78. The van der Waals surface area contributed by atoms with Crippen molar-refractivity contribution >= 4 is 91.5 Å². The highest BCUT2D eigenvalue weighted by molar-refractivity contribution is 7.26. The molecule has 0 aliphatic carbocycles. The molecule has 0 spiro atoms. The van der Waals surface area contributed by atoms with Crippen LogP contribution in [0.3, 0.4) is 0 Å². The van der Waals surface area contributed by atoms with Crippen molar-refractivity contribution in [2.75, 3.05) is 0 Å². The fourth-order valence-electron chi connectivity index (χ4n) is 7.64. The summed E-state index contributed by atoms with van der Waals surface area (Å²) in [4.78, 5) is 10.9. The molecule has 4 nitrogen and oxygen atoms in total. The van der Waals surface area contributed by atoms with Gasteiger partial charge in [-0.15, -0.1) is 11.3 Å². The summed E-state index contributed by atoms with van der Waals surface area (Å²) in [5, 5.41) is 8.60. The minimum absolute atomic E-state index is 0.693. The second-order valence-electron chi connectivity index (χ2n) is 11.8. The van der Waals surface area contributed by atoms with Crippen molar-refractivity contribution in [3.05, 3.63) is 133 Å². The maximum Gasteiger partial charge on any atom is 0.235 e. The molecule has 0 aliphatic rings. The highest BCUT2D eigenvalue weighted by Crippen LogP contribution is 2.46. The molecule has 11 aromatic rings. The summed E-state index contributed by atoms with van der Waals surface area (Å²) < 4.78 is 7.13. The van der Waals surface area contributed by atoms with E-state index >= 15 is 0 Å². The van der Waals surface area contributed by atoms with Crippen molar-refractivity contribution in [3.8, 4) is 17.2 Å². The van der Waals surface area contributed by atoms with E-state index in [1.807, 2.05) is 0 Å². The van der Waals surface area contributed by atoms with Crippen LogP contribution in [0, 0.1) is 0 Å². The van der Waals surface area contributed by atoms with E-state index in [4.69, 9.17) is 9.97 Å². The number of thiophene rings is 1. The van der Waals surface area contributed by atoms with Gasteiger partial charge in [0.2, 0.25) is 5.95 Å². The number of benzene rings is 6. The van der Waals surface area contributed by atoms with Gasteiger partial charge in [0.25, 0.3) is 0 Å². The SMILES string of the molecule is c1ccc(-c2nc(-n3c4ccc5cccc6c7ccccc7n7c8ccccc8c3c7c4c56)nc3c2sc2ccccc23)cc1. The summed E-state index contributed by atoms with van der Waals surface area (Å²) in [6.07, 6.45) is 0. The fraction of sp³-hybridized carbons (Fsp3) is 0. The molecule has 0 radical (unpaired) electrons. The first-order valence-electron chi connectivity index (χ1n) is 15.2. The number of hydrogen-bond acceptors (Lipinski definition) is 3. The largest absolute Gasteiger partial charge is 0.306 e. The Morgan fingerprint density at radius 2 is 1.20 bits per heavy atom. The van der Waals surface area contributed by atoms with Gasteiger partial charge in [-0.25, -0.2) is 9.97 Å². The average Bonchev–Trinajstić information content (AvgIpc) is 3.72. The van der Waals surface area contributed by atoms with E-state index in [0.717, 1.165) is 37.9 Å². The summed E-state index contributed by atoms with van der Waals surface area (Å²) in [5.41, 5.74) is 8.89. The van der Waals surface area contributed by atoms with Crippen molar-refractivity contribution in [2.45, 2.75) is 0 Å². The van der Waals surface area contributed by atoms with E-state index in [0.29, 0.717) is 5.95 Å². The monoisotopic (exact) mass is 590 g/mol. The normalized spacial score (nSPS) is 12.4. The lowest BCUT2D eigenvalue weighted by Gasteiger charge is -2.10. The van der Waals surface area contributed by atoms with Crippen molar-refractivity contribution in [2.24, 2.45) is 0 Å². The molecule has 0 unspecified atom stereocenters. The van der Waals surface area contributed by atoms with Gasteiger partial charge >= 0.3 is 0 Å². The van der Waals surface area contributed by atoms with Crippen LogP contribution in [-0.4, -0.2) is 18.9 Å². The Labute approximate surface area is 260 Å². The molecular formula is C40H22N4S. The minimum atomic E-state index is 0.693. The topological polar surface area (TPSA) is 35.1 Å². The van der Waals surface area contributed by atoms with Gasteiger partial charge in [-0.05, 0) is 35.0 Å². The Balaban J connectivity index is 1.43. The number of fused-ring (bicyclic) bond motifs is 9. The molecule has 0 aliphatic heterocycles. The van der Waals surface area contributed by atoms with Crippen LogP contribution >= 0.6 is 11.3 Å². The number of para-hydroxylation sites is 2. The predicted molar refractivity (Wildman–Crippen MR) is 189 cm³/mol. The van der Waals surface area contributed by atoms with Crippen LogP contribution in [0.15, 0.2) is 133 Å². The maximum atomic E-state index is 5.44. The third-order valence-corrected chi connectivity index (χ3v) is 10.6. The first-order valence-corrected chi connectivity index (χ1v) is 16.0. The van der Waals surface area contributed by atoms with Crippen LogP contribution in [0.25, 0.3) is 97.4 Å². The molecule has 5 aromatic heterocycles. The summed E-state index contributed by atoms with van der Waals surface area (Å²) in [5.74, 6) is 0.693. The third-order valence-electron chi connectivity index (χ3n) is 9.46. The van der Waals surface area contributed by atoms with Gasteiger partial charge in [0.15, 0.2) is 0 Å². The van der Waals surface area contributed by atoms with E-state index in [1.165, 1.54) is 53.6 Å². The molecule has 5 heteroatoms. The molecule has 6 aromatic carbocycles. The lowest BCUT2D eigenvalue weighted by Crippen LogP contribution is -2.02. The number of hydrogen-bond donors (Lipinski definition) is 0. The lowest BCUT2D eigenvalue weighted by atomic mass is 10.0. The lowest BCUT2D eigenvalue weighted by molar-refractivity contribution is 1.02. The highest BCUT2D eigenvalue weighted by atomic mass is 32.1. The van der Waals surface area contributed by atoms with Crippen molar-refractivity contribution in [1.82, 2.24) is 18.9 Å². The van der Waals surface area contributed by atoms with Crippen LogP contribution in [0.4, 0.5) is 0 Å². The van der Waals surface area contributed by atoms with Crippen LogP contribution in [0.1, 0.15) is 0 Å². The first kappa shape index (κ1) is 23.6. The molecule has 0 atom stereocenters. The second-order valence-corrected chi connectivity index (χ2v) is 12.8. The Bertz CT molecular complexity index is 2980. The Morgan fingerprint density at radius 1 is 0.489 bits per heavy atom. The first-order chi connectivity index (χ1) is 22.3. The number of rotatable bonds is 2. The molecule has 0 saturated heterocycles. The molecule has 0 fully saturated rings. The Kier molecular flexibility index (Phi) is 4.43. The zero-order valence-corrected chi connectivity index (χ0v) is 24.7. The highest BCUT2D eigenvalue weighted by Gasteiger charge is 2.26. The van der Waals surface area contributed by atoms with Crippen molar-refractivity contribution in [1.29, 1.82) is 0 Å². The van der Waals surface area contributed by atoms with Gasteiger partial charge in [0, 0.05) is 37.2 Å². The number of aromatic nitrogens is 4.